The minimum atomic E-state index is -4.44. The highest BCUT2D eigenvalue weighted by molar-refractivity contribution is 5.73. The highest BCUT2D eigenvalue weighted by Crippen LogP contribution is 2.30. The quantitative estimate of drug-likeness (QED) is 0.729. The van der Waals surface area contributed by atoms with Crippen molar-refractivity contribution in [2.75, 3.05) is 7.11 Å². The second-order valence-electron chi connectivity index (χ2n) is 4.24. The summed E-state index contributed by atoms with van der Waals surface area (Å²) in [6, 6.07) is 4.33. The lowest BCUT2D eigenvalue weighted by Crippen LogP contribution is -2.05. The molecule has 0 fully saturated rings. The van der Waals surface area contributed by atoms with Gasteiger partial charge in [-0.2, -0.15) is 13.2 Å². The average Bonchev–Trinajstić information content (AvgIpc) is 2.89. The van der Waals surface area contributed by atoms with Crippen LogP contribution in [0, 0.1) is 0 Å². The minimum absolute atomic E-state index is 0.167. The van der Waals surface area contributed by atoms with E-state index in [9.17, 15) is 13.2 Å². The molecule has 0 saturated heterocycles. The van der Waals surface area contributed by atoms with Gasteiger partial charge in [0.25, 0.3) is 0 Å². The summed E-state index contributed by atoms with van der Waals surface area (Å²) < 4.78 is 44.4. The maximum atomic E-state index is 12.6. The van der Waals surface area contributed by atoms with Crippen molar-refractivity contribution in [1.82, 2.24) is 19.5 Å². The van der Waals surface area contributed by atoms with Gasteiger partial charge in [-0.3, -0.25) is 4.57 Å². The molecule has 0 aliphatic heterocycles. The van der Waals surface area contributed by atoms with Gasteiger partial charge in [0.15, 0.2) is 5.65 Å². The van der Waals surface area contributed by atoms with Crippen LogP contribution in [0.25, 0.3) is 16.9 Å². The van der Waals surface area contributed by atoms with Crippen LogP contribution < -0.4 is 4.74 Å². The van der Waals surface area contributed by atoms with E-state index in [2.05, 4.69) is 15.0 Å². The molecule has 3 heterocycles. The summed E-state index contributed by atoms with van der Waals surface area (Å²) in [5, 5.41) is 0. The molecule has 0 N–H and O–H groups in total. The number of imidazole rings is 1. The summed E-state index contributed by atoms with van der Waals surface area (Å²) in [5.41, 5.74) is 0.300. The molecule has 5 nitrogen and oxygen atoms in total. The molecule has 0 aromatic carbocycles. The number of ether oxygens (including phenoxy) is 1. The van der Waals surface area contributed by atoms with Crippen LogP contribution >= 0.6 is 0 Å². The SMILES string of the molecule is COc1ccc(-n2cnc3cc(C(F)(F)F)cnc32)cn1. The molecule has 0 aliphatic rings. The van der Waals surface area contributed by atoms with Gasteiger partial charge in [-0.05, 0) is 12.1 Å². The summed E-state index contributed by atoms with van der Waals surface area (Å²) in [7, 11) is 1.49. The standard InChI is InChI=1S/C13H9F3N4O/c1-21-11-3-2-9(6-17-11)20-7-19-10-4-8(13(14,15)16)5-18-12(10)20/h2-7H,1H3. The first-order valence-electron chi connectivity index (χ1n) is 5.90. The molecule has 0 bridgehead atoms. The monoisotopic (exact) mass is 294 g/mol. The summed E-state index contributed by atoms with van der Waals surface area (Å²) >= 11 is 0. The van der Waals surface area contributed by atoms with Gasteiger partial charge in [0.05, 0.1) is 24.6 Å². The number of nitrogens with zero attached hydrogens (tertiary/aromatic N) is 4. The Balaban J connectivity index is 2.07. The number of fused-ring (bicyclic) bond motifs is 1. The van der Waals surface area contributed by atoms with E-state index in [0.717, 1.165) is 12.3 Å². The molecule has 0 radical (unpaired) electrons. The van der Waals surface area contributed by atoms with Crippen LogP contribution in [0.4, 0.5) is 13.2 Å². The van der Waals surface area contributed by atoms with Crippen LogP contribution in [0.3, 0.4) is 0 Å². The lowest BCUT2D eigenvalue weighted by molar-refractivity contribution is -0.137. The number of aromatic nitrogens is 4. The van der Waals surface area contributed by atoms with Gasteiger partial charge in [0.1, 0.15) is 11.8 Å². The summed E-state index contributed by atoms with van der Waals surface area (Å²) in [6.07, 6.45) is -0.718. The summed E-state index contributed by atoms with van der Waals surface area (Å²) in [5.74, 6) is 0.440. The zero-order valence-electron chi connectivity index (χ0n) is 10.8. The van der Waals surface area contributed by atoms with Crippen molar-refractivity contribution in [3.05, 3.63) is 42.5 Å². The average molecular weight is 294 g/mol. The van der Waals surface area contributed by atoms with Gasteiger partial charge in [-0.1, -0.05) is 0 Å². The third-order valence-electron chi connectivity index (χ3n) is 2.92. The molecule has 3 rings (SSSR count). The fourth-order valence-electron chi connectivity index (χ4n) is 1.88. The number of hydrogen-bond acceptors (Lipinski definition) is 4. The lowest BCUT2D eigenvalue weighted by atomic mass is 10.2. The van der Waals surface area contributed by atoms with E-state index in [0.29, 0.717) is 17.2 Å². The van der Waals surface area contributed by atoms with Gasteiger partial charge in [-0.15, -0.1) is 0 Å². The Bertz CT molecular complexity index is 780. The van der Waals surface area contributed by atoms with E-state index >= 15 is 0 Å². The third kappa shape index (κ3) is 2.39. The fourth-order valence-corrected chi connectivity index (χ4v) is 1.88. The molecule has 108 valence electrons. The van der Waals surface area contributed by atoms with Crippen molar-refractivity contribution in [2.45, 2.75) is 6.18 Å². The number of alkyl halides is 3. The fraction of sp³-hybridized carbons (Fsp3) is 0.154. The van der Waals surface area contributed by atoms with Gasteiger partial charge in [0.2, 0.25) is 5.88 Å². The highest BCUT2D eigenvalue weighted by atomic mass is 19.4. The Labute approximate surface area is 117 Å². The smallest absolute Gasteiger partial charge is 0.417 e. The van der Waals surface area contributed by atoms with E-state index in [1.54, 1.807) is 16.7 Å². The van der Waals surface area contributed by atoms with Crippen molar-refractivity contribution in [2.24, 2.45) is 0 Å². The molecule has 0 amide bonds. The van der Waals surface area contributed by atoms with Gasteiger partial charge >= 0.3 is 6.18 Å². The zero-order valence-corrected chi connectivity index (χ0v) is 10.8. The maximum Gasteiger partial charge on any atom is 0.417 e. The number of rotatable bonds is 2. The number of halogens is 3. The van der Waals surface area contributed by atoms with Crippen molar-refractivity contribution >= 4 is 11.2 Å². The minimum Gasteiger partial charge on any atom is -0.481 e. The van der Waals surface area contributed by atoms with Crippen LogP contribution in [0.2, 0.25) is 0 Å². The first kappa shape index (κ1) is 13.3. The molecule has 0 unspecified atom stereocenters. The maximum absolute atomic E-state index is 12.6. The summed E-state index contributed by atoms with van der Waals surface area (Å²) in [4.78, 5) is 11.8. The predicted molar refractivity (Wildman–Crippen MR) is 68.2 cm³/mol. The Hall–Kier alpha value is -2.64. The van der Waals surface area contributed by atoms with Crippen molar-refractivity contribution in [3.8, 4) is 11.6 Å². The molecule has 0 spiro atoms. The predicted octanol–water partition coefficient (Wildman–Crippen LogP) is 2.84. The topological polar surface area (TPSA) is 52.8 Å². The molecular formula is C13H9F3N4O. The third-order valence-corrected chi connectivity index (χ3v) is 2.92. The first-order valence-corrected chi connectivity index (χ1v) is 5.90. The second-order valence-corrected chi connectivity index (χ2v) is 4.24. The second kappa shape index (κ2) is 4.72. The van der Waals surface area contributed by atoms with Gasteiger partial charge in [-0.25, -0.2) is 15.0 Å². The van der Waals surface area contributed by atoms with E-state index < -0.39 is 11.7 Å². The number of hydrogen-bond donors (Lipinski definition) is 0. The van der Waals surface area contributed by atoms with Crippen LogP contribution in [-0.4, -0.2) is 26.6 Å². The van der Waals surface area contributed by atoms with E-state index in [1.807, 2.05) is 0 Å². The van der Waals surface area contributed by atoms with Crippen LogP contribution in [0.15, 0.2) is 36.9 Å². The molecule has 3 aromatic heterocycles. The van der Waals surface area contributed by atoms with E-state index in [-0.39, 0.29) is 5.52 Å². The molecule has 3 aromatic rings. The largest absolute Gasteiger partial charge is 0.481 e. The molecule has 0 saturated carbocycles. The molecule has 0 atom stereocenters. The Kier molecular flexibility index (Phi) is 3.00. The normalized spacial score (nSPS) is 11.8. The zero-order chi connectivity index (χ0) is 15.0. The molecular weight excluding hydrogens is 285 g/mol. The lowest BCUT2D eigenvalue weighted by Gasteiger charge is -2.07. The Morgan fingerprint density at radius 3 is 2.52 bits per heavy atom. The van der Waals surface area contributed by atoms with Crippen LogP contribution in [-0.2, 0) is 6.18 Å². The van der Waals surface area contributed by atoms with Gasteiger partial charge in [0, 0.05) is 12.3 Å². The number of methoxy groups -OCH3 is 1. The van der Waals surface area contributed by atoms with E-state index in [4.69, 9.17) is 4.74 Å². The van der Waals surface area contributed by atoms with Crippen molar-refractivity contribution in [1.29, 1.82) is 0 Å². The van der Waals surface area contributed by atoms with Crippen LogP contribution in [0.5, 0.6) is 5.88 Å². The molecule has 0 aliphatic carbocycles. The molecule has 21 heavy (non-hydrogen) atoms. The van der Waals surface area contributed by atoms with Gasteiger partial charge < -0.3 is 4.74 Å². The van der Waals surface area contributed by atoms with E-state index in [1.165, 1.54) is 19.6 Å². The van der Waals surface area contributed by atoms with Crippen molar-refractivity contribution < 1.29 is 17.9 Å². The Morgan fingerprint density at radius 2 is 1.90 bits per heavy atom. The highest BCUT2D eigenvalue weighted by Gasteiger charge is 2.31. The Morgan fingerprint density at radius 1 is 1.10 bits per heavy atom. The van der Waals surface area contributed by atoms with Crippen molar-refractivity contribution in [3.63, 3.8) is 0 Å². The molecule has 8 heteroatoms. The summed E-state index contributed by atoms with van der Waals surface area (Å²) in [6.45, 7) is 0. The first-order chi connectivity index (χ1) is 9.99. The van der Waals surface area contributed by atoms with Crippen LogP contribution in [0.1, 0.15) is 5.56 Å². The number of pyridine rings is 2.